The van der Waals surface area contributed by atoms with Gasteiger partial charge in [-0.25, -0.2) is 4.39 Å². The average molecular weight is 497 g/mol. The van der Waals surface area contributed by atoms with Crippen molar-refractivity contribution in [1.29, 1.82) is 0 Å². The van der Waals surface area contributed by atoms with Crippen LogP contribution in [0.2, 0.25) is 0 Å². The van der Waals surface area contributed by atoms with E-state index < -0.39 is 17.8 Å². The molecule has 2 amide bonds. The lowest BCUT2D eigenvalue weighted by Gasteiger charge is -2.39. The summed E-state index contributed by atoms with van der Waals surface area (Å²) in [4.78, 5) is 41.4. The van der Waals surface area contributed by atoms with Crippen LogP contribution in [0.1, 0.15) is 100 Å². The predicted octanol–water partition coefficient (Wildman–Crippen LogP) is 5.48. The van der Waals surface area contributed by atoms with Crippen molar-refractivity contribution in [3.63, 3.8) is 0 Å². The molecule has 5 nitrogen and oxygen atoms in total. The summed E-state index contributed by atoms with van der Waals surface area (Å²) in [6, 6.07) is 4.57. The van der Waals surface area contributed by atoms with Gasteiger partial charge in [0.15, 0.2) is 5.78 Å². The highest BCUT2D eigenvalue weighted by Crippen LogP contribution is 2.52. The van der Waals surface area contributed by atoms with E-state index in [1.165, 1.54) is 0 Å². The number of rotatable bonds is 7. The fourth-order valence-corrected chi connectivity index (χ4v) is 7.13. The molecule has 4 fully saturated rings. The number of Topliss-reactive ketones (excluding diaryl/α,β-unsaturated/α-hetero) is 1. The zero-order chi connectivity index (χ0) is 25.6. The first-order valence-electron chi connectivity index (χ1n) is 14.1. The predicted molar refractivity (Wildman–Crippen MR) is 137 cm³/mol. The minimum atomic E-state index is -0.560. The maximum absolute atomic E-state index is 16.0. The van der Waals surface area contributed by atoms with Gasteiger partial charge in [-0.05, 0) is 73.8 Å². The molecule has 3 saturated carbocycles. The Balaban J connectivity index is 1.34. The molecule has 1 aromatic carbocycles. The smallest absolute Gasteiger partial charge is 0.254 e. The molecule has 1 heterocycles. The summed E-state index contributed by atoms with van der Waals surface area (Å²) in [5.74, 6) is -0.238. The lowest BCUT2D eigenvalue weighted by atomic mass is 9.78. The first-order chi connectivity index (χ1) is 17.2. The second kappa shape index (κ2) is 9.90. The van der Waals surface area contributed by atoms with Crippen LogP contribution in [0.15, 0.2) is 18.2 Å². The Morgan fingerprint density at radius 3 is 2.22 bits per heavy atom. The molecule has 3 aliphatic carbocycles. The van der Waals surface area contributed by atoms with Crippen LogP contribution in [0.3, 0.4) is 0 Å². The minimum Gasteiger partial charge on any atom is -0.342 e. The van der Waals surface area contributed by atoms with Crippen molar-refractivity contribution in [3.05, 3.63) is 35.1 Å². The van der Waals surface area contributed by atoms with Gasteiger partial charge in [-0.15, -0.1) is 0 Å². The highest BCUT2D eigenvalue weighted by Gasteiger charge is 2.51. The molecule has 1 N–H and O–H groups in total. The van der Waals surface area contributed by atoms with Crippen molar-refractivity contribution >= 4 is 17.6 Å². The SMILES string of the molecule is CC(C)C(=O)[C@H](NC(=O)c1cccc(C2C3CC[C@H]2CN(C(=O)C2(C)CC2)C3)c1F)C1CCCCC1. The summed E-state index contributed by atoms with van der Waals surface area (Å²) in [5.41, 5.74) is 0.454. The molecule has 4 aliphatic rings. The molecule has 4 atom stereocenters. The third-order valence-electron chi connectivity index (χ3n) is 9.55. The Morgan fingerprint density at radius 2 is 1.64 bits per heavy atom. The molecule has 196 valence electrons. The maximum atomic E-state index is 16.0. The summed E-state index contributed by atoms with van der Waals surface area (Å²) in [5, 5.41) is 2.96. The monoisotopic (exact) mass is 496 g/mol. The first kappa shape index (κ1) is 25.4. The number of fused-ring (bicyclic) bond motifs is 2. The Labute approximate surface area is 214 Å². The molecule has 36 heavy (non-hydrogen) atoms. The molecule has 1 aromatic rings. The number of likely N-dealkylation sites (tertiary alicyclic amines) is 1. The summed E-state index contributed by atoms with van der Waals surface area (Å²) < 4.78 is 16.0. The molecule has 5 rings (SSSR count). The van der Waals surface area contributed by atoms with Crippen LogP contribution in [-0.2, 0) is 9.59 Å². The van der Waals surface area contributed by atoms with Crippen LogP contribution in [0.25, 0.3) is 0 Å². The van der Waals surface area contributed by atoms with E-state index in [-0.39, 0.29) is 52.3 Å². The third kappa shape index (κ3) is 4.72. The number of nitrogens with one attached hydrogen (secondary N) is 1. The molecule has 0 aromatic heterocycles. The van der Waals surface area contributed by atoms with E-state index in [4.69, 9.17) is 0 Å². The highest BCUT2D eigenvalue weighted by atomic mass is 19.1. The van der Waals surface area contributed by atoms with Crippen molar-refractivity contribution in [1.82, 2.24) is 10.2 Å². The Morgan fingerprint density at radius 1 is 1.00 bits per heavy atom. The summed E-state index contributed by atoms with van der Waals surface area (Å²) in [7, 11) is 0. The minimum absolute atomic E-state index is 0.0280. The molecule has 1 aliphatic heterocycles. The normalized spacial score (nSPS) is 28.1. The van der Waals surface area contributed by atoms with Crippen LogP contribution in [0.4, 0.5) is 4.39 Å². The van der Waals surface area contributed by atoms with Crippen molar-refractivity contribution in [2.24, 2.45) is 29.1 Å². The Bertz CT molecular complexity index is 1010. The van der Waals surface area contributed by atoms with E-state index >= 15 is 4.39 Å². The van der Waals surface area contributed by atoms with Crippen molar-refractivity contribution in [2.45, 2.75) is 90.5 Å². The highest BCUT2D eigenvalue weighted by molar-refractivity contribution is 5.98. The fraction of sp³-hybridized carbons (Fsp3) is 0.700. The Kier molecular flexibility index (Phi) is 6.99. The van der Waals surface area contributed by atoms with Gasteiger partial charge in [0, 0.05) is 24.4 Å². The standard InChI is InChI=1S/C30H41FN2O3/c1-18(2)27(34)26(19-8-5-4-6-9-19)32-28(35)23-11-7-10-22(25(23)31)24-20-12-13-21(24)17-33(16-20)29(36)30(3)14-15-30/h7,10-11,18-21,24,26H,4-6,8-9,12-17H2,1-3H3,(H,32,35)/t20-,21?,24?,26+/m0/s1. The van der Waals surface area contributed by atoms with E-state index in [1.807, 2.05) is 24.8 Å². The number of ketones is 1. The Hall–Kier alpha value is -2.24. The lowest BCUT2D eigenvalue weighted by molar-refractivity contribution is -0.138. The number of hydrogen-bond donors (Lipinski definition) is 1. The topological polar surface area (TPSA) is 66.5 Å². The van der Waals surface area contributed by atoms with Gasteiger partial charge in [0.1, 0.15) is 5.82 Å². The zero-order valence-electron chi connectivity index (χ0n) is 22.0. The van der Waals surface area contributed by atoms with Crippen LogP contribution >= 0.6 is 0 Å². The van der Waals surface area contributed by atoms with Crippen molar-refractivity contribution in [2.75, 3.05) is 13.1 Å². The molecule has 1 saturated heterocycles. The number of carbonyl (C=O) groups excluding carboxylic acids is 3. The van der Waals surface area contributed by atoms with Crippen LogP contribution in [0, 0.1) is 34.9 Å². The molecule has 6 heteroatoms. The van der Waals surface area contributed by atoms with Gasteiger partial charge in [0.2, 0.25) is 5.91 Å². The summed E-state index contributed by atoms with van der Waals surface area (Å²) >= 11 is 0. The summed E-state index contributed by atoms with van der Waals surface area (Å²) in [6.07, 6.45) is 9.04. The lowest BCUT2D eigenvalue weighted by Crippen LogP contribution is -2.48. The van der Waals surface area contributed by atoms with Gasteiger partial charge in [0.05, 0.1) is 11.6 Å². The molecule has 2 unspecified atom stereocenters. The number of benzene rings is 1. The van der Waals surface area contributed by atoms with Crippen LogP contribution < -0.4 is 5.32 Å². The van der Waals surface area contributed by atoms with Crippen LogP contribution in [0.5, 0.6) is 0 Å². The number of piperidine rings is 1. The molecule has 0 radical (unpaired) electrons. The van der Waals surface area contributed by atoms with Gasteiger partial charge >= 0.3 is 0 Å². The number of nitrogens with zero attached hydrogens (tertiary/aromatic N) is 1. The van der Waals surface area contributed by atoms with Gasteiger partial charge in [-0.3, -0.25) is 14.4 Å². The molecule has 2 bridgehead atoms. The van der Waals surface area contributed by atoms with Gasteiger partial charge in [-0.2, -0.15) is 0 Å². The van der Waals surface area contributed by atoms with E-state index in [1.54, 1.807) is 12.1 Å². The fourth-order valence-electron chi connectivity index (χ4n) is 7.13. The van der Waals surface area contributed by atoms with Crippen molar-refractivity contribution in [3.8, 4) is 0 Å². The van der Waals surface area contributed by atoms with E-state index in [0.29, 0.717) is 18.7 Å². The molecular weight excluding hydrogens is 455 g/mol. The largest absolute Gasteiger partial charge is 0.342 e. The zero-order valence-corrected chi connectivity index (χ0v) is 22.0. The second-order valence-electron chi connectivity index (χ2n) is 12.5. The van der Waals surface area contributed by atoms with Gasteiger partial charge in [0.25, 0.3) is 5.91 Å². The van der Waals surface area contributed by atoms with E-state index in [9.17, 15) is 14.4 Å². The number of hydrogen-bond acceptors (Lipinski definition) is 3. The number of halogens is 1. The molecular formula is C30H41FN2O3. The summed E-state index contributed by atoms with van der Waals surface area (Å²) in [6.45, 7) is 7.13. The van der Waals surface area contributed by atoms with Gasteiger partial charge < -0.3 is 10.2 Å². The second-order valence-corrected chi connectivity index (χ2v) is 12.5. The average Bonchev–Trinajstić information content (AvgIpc) is 3.58. The number of amides is 2. The van der Waals surface area contributed by atoms with E-state index in [2.05, 4.69) is 12.2 Å². The van der Waals surface area contributed by atoms with Gasteiger partial charge in [-0.1, -0.05) is 52.2 Å². The quantitative estimate of drug-likeness (QED) is 0.543. The van der Waals surface area contributed by atoms with E-state index in [0.717, 1.165) is 57.8 Å². The van der Waals surface area contributed by atoms with Crippen molar-refractivity contribution < 1.29 is 18.8 Å². The molecule has 0 spiro atoms. The maximum Gasteiger partial charge on any atom is 0.254 e. The number of carbonyl (C=O) groups is 3. The van der Waals surface area contributed by atoms with Crippen LogP contribution in [-0.4, -0.2) is 41.6 Å². The third-order valence-corrected chi connectivity index (χ3v) is 9.55. The first-order valence-corrected chi connectivity index (χ1v) is 14.1.